The zero-order valence-electron chi connectivity index (χ0n) is 9.05. The van der Waals surface area contributed by atoms with Crippen LogP contribution in [0.15, 0.2) is 40.9 Å². The molecule has 1 heterocycles. The molecule has 0 aliphatic carbocycles. The largest absolute Gasteiger partial charge is 0.484 e. The first-order chi connectivity index (χ1) is 7.88. The van der Waals surface area contributed by atoms with Crippen molar-refractivity contribution in [2.45, 2.75) is 13.5 Å². The van der Waals surface area contributed by atoms with Crippen molar-refractivity contribution >= 4 is 0 Å². The van der Waals surface area contributed by atoms with Gasteiger partial charge >= 0.3 is 5.95 Å². The quantitative estimate of drug-likeness (QED) is 0.775. The lowest BCUT2D eigenvalue weighted by molar-refractivity contribution is 0.217. The van der Waals surface area contributed by atoms with Gasteiger partial charge in [-0.3, -0.25) is 0 Å². The fraction of sp³-hybridized carbons (Fsp3) is 0.250. The highest BCUT2D eigenvalue weighted by atomic mass is 16.6. The fourth-order valence-corrected chi connectivity index (χ4v) is 1.23. The van der Waals surface area contributed by atoms with Crippen LogP contribution in [0.25, 0.3) is 0 Å². The zero-order valence-corrected chi connectivity index (χ0v) is 9.05. The van der Waals surface area contributed by atoms with Crippen molar-refractivity contribution in [3.05, 3.63) is 42.4 Å². The molecule has 16 heavy (non-hydrogen) atoms. The van der Waals surface area contributed by atoms with E-state index in [0.29, 0.717) is 25.1 Å². The van der Waals surface area contributed by atoms with Crippen molar-refractivity contribution in [3.63, 3.8) is 0 Å². The zero-order chi connectivity index (χ0) is 11.2. The summed E-state index contributed by atoms with van der Waals surface area (Å²) in [6, 6.07) is 9.52. The van der Waals surface area contributed by atoms with E-state index < -0.39 is 0 Å². The van der Waals surface area contributed by atoms with Gasteiger partial charge in [-0.1, -0.05) is 18.2 Å². The van der Waals surface area contributed by atoms with Crippen molar-refractivity contribution < 1.29 is 13.9 Å². The summed E-state index contributed by atoms with van der Waals surface area (Å²) >= 11 is 0. The summed E-state index contributed by atoms with van der Waals surface area (Å²) in [7, 11) is 0. The van der Waals surface area contributed by atoms with Crippen molar-refractivity contribution in [2.24, 2.45) is 0 Å². The maximum absolute atomic E-state index is 5.47. The van der Waals surface area contributed by atoms with Crippen LogP contribution < -0.4 is 9.47 Å². The maximum Gasteiger partial charge on any atom is 0.305 e. The summed E-state index contributed by atoms with van der Waals surface area (Å²) in [4.78, 5) is 4.03. The van der Waals surface area contributed by atoms with Crippen LogP contribution >= 0.6 is 0 Å². The predicted octanol–water partition coefficient (Wildman–Crippen LogP) is 2.65. The van der Waals surface area contributed by atoms with Crippen LogP contribution in [0.2, 0.25) is 0 Å². The molecule has 0 N–H and O–H groups in total. The molecule has 0 atom stereocenters. The summed E-state index contributed by atoms with van der Waals surface area (Å²) in [6.45, 7) is 2.76. The van der Waals surface area contributed by atoms with Crippen LogP contribution in [0.4, 0.5) is 0 Å². The Morgan fingerprint density at radius 3 is 2.75 bits per heavy atom. The molecule has 0 aliphatic rings. The molecule has 0 unspecified atom stereocenters. The second-order valence-corrected chi connectivity index (χ2v) is 3.11. The number of ether oxygens (including phenoxy) is 2. The van der Waals surface area contributed by atoms with Crippen LogP contribution in [0.1, 0.15) is 12.8 Å². The molecule has 0 saturated carbocycles. The lowest BCUT2D eigenvalue weighted by Gasteiger charge is -2.02. The molecule has 0 radical (unpaired) electrons. The van der Waals surface area contributed by atoms with Gasteiger partial charge in [0.2, 0.25) is 5.89 Å². The molecule has 2 rings (SSSR count). The van der Waals surface area contributed by atoms with Gasteiger partial charge < -0.3 is 13.9 Å². The minimum atomic E-state index is 0.303. The third-order valence-electron chi connectivity index (χ3n) is 1.92. The molecule has 1 aromatic carbocycles. The Labute approximate surface area is 93.8 Å². The van der Waals surface area contributed by atoms with Crippen molar-refractivity contribution in [1.82, 2.24) is 4.98 Å². The summed E-state index contributed by atoms with van der Waals surface area (Å²) in [5, 5.41) is 0. The minimum absolute atomic E-state index is 0.303. The number of benzene rings is 1. The van der Waals surface area contributed by atoms with Gasteiger partial charge in [0.25, 0.3) is 0 Å². The number of rotatable bonds is 5. The van der Waals surface area contributed by atoms with Crippen molar-refractivity contribution in [3.8, 4) is 11.7 Å². The van der Waals surface area contributed by atoms with E-state index in [9.17, 15) is 0 Å². The SMILES string of the molecule is CCOc1cnc(COc2ccccc2)o1. The van der Waals surface area contributed by atoms with Gasteiger partial charge in [0, 0.05) is 0 Å². The van der Waals surface area contributed by atoms with E-state index in [4.69, 9.17) is 13.9 Å². The van der Waals surface area contributed by atoms with Gasteiger partial charge in [0.15, 0.2) is 6.61 Å². The van der Waals surface area contributed by atoms with Crippen molar-refractivity contribution in [2.75, 3.05) is 6.61 Å². The van der Waals surface area contributed by atoms with Gasteiger partial charge in [0.1, 0.15) is 11.9 Å². The van der Waals surface area contributed by atoms with Gasteiger partial charge in [-0.25, -0.2) is 4.98 Å². The Kier molecular flexibility index (Phi) is 3.43. The highest BCUT2D eigenvalue weighted by Crippen LogP contribution is 2.15. The summed E-state index contributed by atoms with van der Waals surface area (Å²) in [5.74, 6) is 1.72. The molecule has 0 fully saturated rings. The molecular formula is C12H13NO3. The van der Waals surface area contributed by atoms with Crippen LogP contribution in [-0.4, -0.2) is 11.6 Å². The molecule has 0 spiro atoms. The second-order valence-electron chi connectivity index (χ2n) is 3.11. The third kappa shape index (κ3) is 2.76. The average Bonchev–Trinajstić information content (AvgIpc) is 2.76. The molecule has 0 bridgehead atoms. The normalized spacial score (nSPS) is 10.1. The van der Waals surface area contributed by atoms with E-state index >= 15 is 0 Å². The van der Waals surface area contributed by atoms with Crippen LogP contribution in [0.5, 0.6) is 11.7 Å². The summed E-state index contributed by atoms with van der Waals surface area (Å²) in [6.07, 6.45) is 1.55. The van der Waals surface area contributed by atoms with E-state index in [0.717, 1.165) is 5.75 Å². The topological polar surface area (TPSA) is 44.5 Å². The van der Waals surface area contributed by atoms with E-state index in [2.05, 4.69) is 4.98 Å². The molecule has 4 nitrogen and oxygen atoms in total. The highest BCUT2D eigenvalue weighted by molar-refractivity contribution is 5.20. The summed E-state index contributed by atoms with van der Waals surface area (Å²) < 4.78 is 15.9. The molecule has 0 aliphatic heterocycles. The van der Waals surface area contributed by atoms with Gasteiger partial charge in [-0.05, 0) is 19.1 Å². The Morgan fingerprint density at radius 1 is 1.19 bits per heavy atom. The number of oxazole rings is 1. The Hall–Kier alpha value is -1.97. The molecule has 84 valence electrons. The van der Waals surface area contributed by atoms with E-state index in [-0.39, 0.29) is 0 Å². The first kappa shape index (κ1) is 10.5. The highest BCUT2D eigenvalue weighted by Gasteiger charge is 2.04. The number of para-hydroxylation sites is 1. The molecule has 2 aromatic rings. The van der Waals surface area contributed by atoms with Crippen molar-refractivity contribution in [1.29, 1.82) is 0 Å². The standard InChI is InChI=1S/C12H13NO3/c1-2-14-12-8-13-11(16-12)9-15-10-6-4-3-5-7-10/h3-8H,2,9H2,1H3. The monoisotopic (exact) mass is 219 g/mol. The number of hydrogen-bond acceptors (Lipinski definition) is 4. The predicted molar refractivity (Wildman–Crippen MR) is 58.4 cm³/mol. The van der Waals surface area contributed by atoms with Crippen LogP contribution in [0.3, 0.4) is 0 Å². The van der Waals surface area contributed by atoms with Crippen LogP contribution in [-0.2, 0) is 6.61 Å². The van der Waals surface area contributed by atoms with Gasteiger partial charge in [0.05, 0.1) is 6.61 Å². The number of hydrogen-bond donors (Lipinski definition) is 0. The fourth-order valence-electron chi connectivity index (χ4n) is 1.23. The second kappa shape index (κ2) is 5.21. The molecular weight excluding hydrogens is 206 g/mol. The molecule has 1 aromatic heterocycles. The summed E-state index contributed by atoms with van der Waals surface area (Å²) in [5.41, 5.74) is 0. The van der Waals surface area contributed by atoms with E-state index in [1.807, 2.05) is 37.3 Å². The average molecular weight is 219 g/mol. The Bertz CT molecular complexity index is 425. The molecule has 4 heteroatoms. The lowest BCUT2D eigenvalue weighted by atomic mass is 10.3. The number of nitrogens with zero attached hydrogens (tertiary/aromatic N) is 1. The Balaban J connectivity index is 1.89. The number of aromatic nitrogens is 1. The lowest BCUT2D eigenvalue weighted by Crippen LogP contribution is -1.94. The molecule has 0 amide bonds. The first-order valence-electron chi connectivity index (χ1n) is 5.14. The van der Waals surface area contributed by atoms with Crippen LogP contribution in [0, 0.1) is 0 Å². The Morgan fingerprint density at radius 2 is 2.00 bits per heavy atom. The third-order valence-corrected chi connectivity index (χ3v) is 1.92. The van der Waals surface area contributed by atoms with Gasteiger partial charge in [-0.15, -0.1) is 0 Å². The smallest absolute Gasteiger partial charge is 0.305 e. The first-order valence-corrected chi connectivity index (χ1v) is 5.14. The van der Waals surface area contributed by atoms with E-state index in [1.165, 1.54) is 0 Å². The van der Waals surface area contributed by atoms with Gasteiger partial charge in [-0.2, -0.15) is 0 Å². The van der Waals surface area contributed by atoms with E-state index in [1.54, 1.807) is 6.20 Å². The maximum atomic E-state index is 5.47. The minimum Gasteiger partial charge on any atom is -0.484 e. The molecule has 0 saturated heterocycles.